The first-order valence-electron chi connectivity index (χ1n) is 6.70. The number of aliphatic hydroxyl groups excluding tert-OH is 1. The van der Waals surface area contributed by atoms with Crippen LogP contribution in [0.15, 0.2) is 18.2 Å². The van der Waals surface area contributed by atoms with Gasteiger partial charge in [0, 0.05) is 19.2 Å². The highest BCUT2D eigenvalue weighted by Crippen LogP contribution is 2.34. The van der Waals surface area contributed by atoms with Gasteiger partial charge in [0.05, 0.1) is 11.0 Å². The second kappa shape index (κ2) is 5.57. The molecule has 0 radical (unpaired) electrons. The van der Waals surface area contributed by atoms with Crippen LogP contribution in [0, 0.1) is 10.1 Å². The maximum Gasteiger partial charge on any atom is 0.292 e. The molecule has 2 rings (SSSR count). The molecule has 0 heterocycles. The average molecular weight is 264 g/mol. The van der Waals surface area contributed by atoms with Crippen molar-refractivity contribution in [3.8, 4) is 0 Å². The Hall–Kier alpha value is -1.62. The number of nitro benzene ring substituents is 1. The molecule has 0 aliphatic heterocycles. The molecule has 1 unspecified atom stereocenters. The Labute approximate surface area is 113 Å². The molecule has 1 saturated carbocycles. The van der Waals surface area contributed by atoms with E-state index >= 15 is 0 Å². The Morgan fingerprint density at radius 1 is 1.42 bits per heavy atom. The number of hydrogen-bond donors (Lipinski definition) is 1. The van der Waals surface area contributed by atoms with Gasteiger partial charge in [-0.15, -0.1) is 0 Å². The van der Waals surface area contributed by atoms with Gasteiger partial charge < -0.3 is 10.0 Å². The average Bonchev–Trinajstić information content (AvgIpc) is 2.90. The molecular weight excluding hydrogens is 244 g/mol. The quantitative estimate of drug-likeness (QED) is 0.670. The zero-order valence-corrected chi connectivity index (χ0v) is 11.4. The van der Waals surface area contributed by atoms with E-state index in [1.54, 1.807) is 19.1 Å². The van der Waals surface area contributed by atoms with Crippen molar-refractivity contribution in [3.05, 3.63) is 33.9 Å². The van der Waals surface area contributed by atoms with E-state index in [0.717, 1.165) is 12.8 Å². The summed E-state index contributed by atoms with van der Waals surface area (Å²) in [7, 11) is 1.92. The van der Waals surface area contributed by atoms with Crippen molar-refractivity contribution in [1.82, 2.24) is 0 Å². The first kappa shape index (κ1) is 13.8. The van der Waals surface area contributed by atoms with Gasteiger partial charge in [0.25, 0.3) is 5.69 Å². The summed E-state index contributed by atoms with van der Waals surface area (Å²) in [5, 5.41) is 20.7. The predicted molar refractivity (Wildman–Crippen MR) is 74.4 cm³/mol. The van der Waals surface area contributed by atoms with Gasteiger partial charge >= 0.3 is 0 Å². The van der Waals surface area contributed by atoms with Crippen LogP contribution in [0.5, 0.6) is 0 Å². The lowest BCUT2D eigenvalue weighted by molar-refractivity contribution is -0.384. The predicted octanol–water partition coefficient (Wildman–Crippen LogP) is 3.03. The smallest absolute Gasteiger partial charge is 0.292 e. The highest BCUT2D eigenvalue weighted by molar-refractivity contribution is 5.64. The molecule has 1 N–H and O–H groups in total. The van der Waals surface area contributed by atoms with Gasteiger partial charge in [-0.3, -0.25) is 10.1 Å². The largest absolute Gasteiger partial charge is 0.389 e. The molecular formula is C14H20N2O3. The van der Waals surface area contributed by atoms with Gasteiger partial charge in [-0.25, -0.2) is 0 Å². The molecule has 1 aliphatic rings. The first-order valence-corrected chi connectivity index (χ1v) is 6.70. The lowest BCUT2D eigenvalue weighted by Crippen LogP contribution is -2.29. The van der Waals surface area contributed by atoms with Crippen molar-refractivity contribution in [2.45, 2.75) is 44.8 Å². The fraction of sp³-hybridized carbons (Fsp3) is 0.571. The molecule has 0 saturated heterocycles. The third-order valence-corrected chi connectivity index (χ3v) is 3.93. The third kappa shape index (κ3) is 2.87. The maximum absolute atomic E-state index is 11.2. The van der Waals surface area contributed by atoms with E-state index in [0.29, 0.717) is 17.3 Å². The zero-order chi connectivity index (χ0) is 14.0. The Kier molecular flexibility index (Phi) is 4.04. The Morgan fingerprint density at radius 3 is 2.58 bits per heavy atom. The molecule has 1 aromatic carbocycles. The highest BCUT2D eigenvalue weighted by Gasteiger charge is 2.25. The summed E-state index contributed by atoms with van der Waals surface area (Å²) in [6, 6.07) is 5.37. The summed E-state index contributed by atoms with van der Waals surface area (Å²) in [4.78, 5) is 12.9. The summed E-state index contributed by atoms with van der Waals surface area (Å²) >= 11 is 0. The summed E-state index contributed by atoms with van der Waals surface area (Å²) in [5.41, 5.74) is 1.30. The van der Waals surface area contributed by atoms with Crippen LogP contribution in [0.3, 0.4) is 0 Å². The van der Waals surface area contributed by atoms with Crippen LogP contribution in [-0.2, 0) is 0 Å². The van der Waals surface area contributed by atoms with E-state index < -0.39 is 6.10 Å². The minimum atomic E-state index is -0.690. The van der Waals surface area contributed by atoms with Crippen LogP contribution >= 0.6 is 0 Å². The van der Waals surface area contributed by atoms with E-state index in [-0.39, 0.29) is 10.6 Å². The zero-order valence-electron chi connectivity index (χ0n) is 11.4. The molecule has 0 spiro atoms. The van der Waals surface area contributed by atoms with E-state index in [9.17, 15) is 15.2 Å². The van der Waals surface area contributed by atoms with Crippen molar-refractivity contribution in [1.29, 1.82) is 0 Å². The van der Waals surface area contributed by atoms with Gasteiger partial charge in [0.15, 0.2) is 0 Å². The van der Waals surface area contributed by atoms with Crippen molar-refractivity contribution < 1.29 is 10.0 Å². The van der Waals surface area contributed by atoms with Crippen LogP contribution in [-0.4, -0.2) is 23.1 Å². The van der Waals surface area contributed by atoms with Gasteiger partial charge in [-0.05, 0) is 31.4 Å². The van der Waals surface area contributed by atoms with Crippen LogP contribution in [0.25, 0.3) is 0 Å². The summed E-state index contributed by atoms with van der Waals surface area (Å²) in [5.74, 6) is 0. The summed E-state index contributed by atoms with van der Waals surface area (Å²) < 4.78 is 0. The second-order valence-corrected chi connectivity index (χ2v) is 5.23. The molecule has 104 valence electrons. The van der Waals surface area contributed by atoms with Crippen LogP contribution in [0.2, 0.25) is 0 Å². The minimum Gasteiger partial charge on any atom is -0.389 e. The highest BCUT2D eigenvalue weighted by atomic mass is 16.6. The van der Waals surface area contributed by atoms with E-state index in [2.05, 4.69) is 0 Å². The number of anilines is 1. The monoisotopic (exact) mass is 264 g/mol. The van der Waals surface area contributed by atoms with Gasteiger partial charge in [-0.2, -0.15) is 0 Å². The van der Waals surface area contributed by atoms with Gasteiger partial charge in [-0.1, -0.05) is 18.9 Å². The molecule has 0 aromatic heterocycles. The molecule has 1 atom stereocenters. The van der Waals surface area contributed by atoms with Crippen molar-refractivity contribution in [2.24, 2.45) is 0 Å². The molecule has 1 aromatic rings. The fourth-order valence-corrected chi connectivity index (χ4v) is 2.73. The minimum absolute atomic E-state index is 0.0767. The molecule has 5 nitrogen and oxygen atoms in total. The first-order chi connectivity index (χ1) is 9.00. The Bertz CT molecular complexity index is 468. The van der Waals surface area contributed by atoms with Gasteiger partial charge in [0.2, 0.25) is 0 Å². The summed E-state index contributed by atoms with van der Waals surface area (Å²) in [6.45, 7) is 1.61. The van der Waals surface area contributed by atoms with Crippen LogP contribution < -0.4 is 4.90 Å². The SMILES string of the molecule is CC(O)c1ccc(N(C)C2CCCC2)c([N+](=O)[O-])c1. The Morgan fingerprint density at radius 2 is 2.05 bits per heavy atom. The second-order valence-electron chi connectivity index (χ2n) is 5.23. The molecule has 19 heavy (non-hydrogen) atoms. The summed E-state index contributed by atoms with van der Waals surface area (Å²) in [6.07, 6.45) is 3.87. The van der Waals surface area contributed by atoms with Crippen molar-refractivity contribution >= 4 is 11.4 Å². The molecule has 1 aliphatic carbocycles. The van der Waals surface area contributed by atoms with Crippen LogP contribution in [0.4, 0.5) is 11.4 Å². The molecule has 5 heteroatoms. The third-order valence-electron chi connectivity index (χ3n) is 3.93. The molecule has 1 fully saturated rings. The lowest BCUT2D eigenvalue weighted by atomic mass is 10.1. The van der Waals surface area contributed by atoms with Crippen LogP contribution in [0.1, 0.15) is 44.3 Å². The molecule has 0 bridgehead atoms. The number of benzene rings is 1. The maximum atomic E-state index is 11.2. The van der Waals surface area contributed by atoms with Gasteiger partial charge in [0.1, 0.15) is 5.69 Å². The number of hydrogen-bond acceptors (Lipinski definition) is 4. The van der Waals surface area contributed by atoms with E-state index in [4.69, 9.17) is 0 Å². The molecule has 0 amide bonds. The number of nitrogens with zero attached hydrogens (tertiary/aromatic N) is 2. The standard InChI is InChI=1S/C14H20N2O3/c1-10(17)11-7-8-13(14(9-11)16(18)19)15(2)12-5-3-4-6-12/h7-10,12,17H,3-6H2,1-2H3. The normalized spacial score (nSPS) is 17.4. The van der Waals surface area contributed by atoms with Crippen molar-refractivity contribution in [2.75, 3.05) is 11.9 Å². The topological polar surface area (TPSA) is 66.6 Å². The van der Waals surface area contributed by atoms with E-state index in [1.165, 1.54) is 18.9 Å². The number of rotatable bonds is 4. The lowest BCUT2D eigenvalue weighted by Gasteiger charge is -2.26. The fourth-order valence-electron chi connectivity index (χ4n) is 2.73. The Balaban J connectivity index is 2.35. The number of aliphatic hydroxyl groups is 1. The van der Waals surface area contributed by atoms with E-state index in [1.807, 2.05) is 11.9 Å². The number of nitro groups is 1. The van der Waals surface area contributed by atoms with Crippen molar-refractivity contribution in [3.63, 3.8) is 0 Å².